The fourth-order valence-electron chi connectivity index (χ4n) is 1.94. The summed E-state index contributed by atoms with van der Waals surface area (Å²) in [4.78, 5) is 4.23. The van der Waals surface area contributed by atoms with Gasteiger partial charge in [0.25, 0.3) is 0 Å². The average molecular weight is 258 g/mol. The van der Waals surface area contributed by atoms with E-state index >= 15 is 0 Å². The molecule has 0 spiro atoms. The van der Waals surface area contributed by atoms with Gasteiger partial charge in [0.05, 0.1) is 25.0 Å². The number of rotatable bonds is 6. The molecule has 0 amide bonds. The maximum absolute atomic E-state index is 5.49. The third-order valence-electron chi connectivity index (χ3n) is 2.73. The van der Waals surface area contributed by atoms with Crippen molar-refractivity contribution in [3.63, 3.8) is 0 Å². The molecule has 2 rings (SSSR count). The number of pyridine rings is 1. The van der Waals surface area contributed by atoms with Gasteiger partial charge in [-0.05, 0) is 36.7 Å². The molecule has 0 bridgehead atoms. The Labute approximate surface area is 113 Å². The van der Waals surface area contributed by atoms with Crippen LogP contribution in [0.15, 0.2) is 36.9 Å². The van der Waals surface area contributed by atoms with Gasteiger partial charge in [-0.1, -0.05) is 6.92 Å². The highest BCUT2D eigenvalue weighted by Crippen LogP contribution is 2.23. The first-order valence-electron chi connectivity index (χ1n) is 6.42. The van der Waals surface area contributed by atoms with Crippen molar-refractivity contribution in [3.05, 3.63) is 48.0 Å². The minimum absolute atomic E-state index is 0.0495. The zero-order valence-corrected chi connectivity index (χ0v) is 11.2. The van der Waals surface area contributed by atoms with Gasteiger partial charge in [0.15, 0.2) is 0 Å². The maximum Gasteiger partial charge on any atom is 0.137 e. The van der Waals surface area contributed by atoms with Crippen molar-refractivity contribution in [2.75, 3.05) is 13.2 Å². The maximum atomic E-state index is 5.49. The predicted molar refractivity (Wildman–Crippen MR) is 73.0 cm³/mol. The smallest absolute Gasteiger partial charge is 0.137 e. The molecular weight excluding hydrogens is 240 g/mol. The summed E-state index contributed by atoms with van der Waals surface area (Å²) in [6, 6.07) is 4.01. The first kappa shape index (κ1) is 13.4. The Bertz CT molecular complexity index is 504. The number of hydrogen-bond donors (Lipinski definition) is 1. The second kappa shape index (κ2) is 6.80. The molecule has 0 aliphatic heterocycles. The van der Waals surface area contributed by atoms with Gasteiger partial charge in [-0.3, -0.25) is 4.98 Å². The first-order valence-corrected chi connectivity index (χ1v) is 6.42. The molecule has 0 radical (unpaired) electrons. The molecule has 0 aliphatic rings. The van der Waals surface area contributed by atoms with Gasteiger partial charge in [0.2, 0.25) is 0 Å². The van der Waals surface area contributed by atoms with Gasteiger partial charge in [-0.25, -0.2) is 0 Å². The van der Waals surface area contributed by atoms with Crippen LogP contribution in [0.3, 0.4) is 0 Å². The minimum Gasteiger partial charge on any atom is -0.492 e. The van der Waals surface area contributed by atoms with Gasteiger partial charge in [-0.2, -0.15) is 10.2 Å². The van der Waals surface area contributed by atoms with Gasteiger partial charge >= 0.3 is 0 Å². The predicted octanol–water partition coefficient (Wildman–Crippen LogP) is 1.97. The Morgan fingerprint density at radius 3 is 2.74 bits per heavy atom. The monoisotopic (exact) mass is 258 g/mol. The molecule has 2 heterocycles. The molecule has 5 heteroatoms. The molecule has 0 aliphatic carbocycles. The molecular formula is C14H18N4O. The van der Waals surface area contributed by atoms with Crippen LogP contribution in [-0.4, -0.2) is 28.3 Å². The fraction of sp³-hybridized carbons (Fsp3) is 0.357. The van der Waals surface area contributed by atoms with Crippen LogP contribution >= 0.6 is 0 Å². The van der Waals surface area contributed by atoms with E-state index in [0.717, 1.165) is 23.4 Å². The molecule has 100 valence electrons. The minimum atomic E-state index is 0.0495. The number of ether oxygens (including phenoxy) is 1. The normalized spacial score (nSPS) is 12.1. The van der Waals surface area contributed by atoms with Crippen LogP contribution in [-0.2, 0) is 0 Å². The second-order valence-corrected chi connectivity index (χ2v) is 4.05. The zero-order chi connectivity index (χ0) is 13.5. The van der Waals surface area contributed by atoms with E-state index in [1.807, 2.05) is 25.3 Å². The van der Waals surface area contributed by atoms with E-state index in [2.05, 4.69) is 27.4 Å². The lowest BCUT2D eigenvalue weighted by molar-refractivity contribution is 0.338. The summed E-state index contributed by atoms with van der Waals surface area (Å²) in [6.07, 6.45) is 7.03. The molecule has 0 saturated heterocycles. The molecule has 0 saturated carbocycles. The summed E-state index contributed by atoms with van der Waals surface area (Å²) in [7, 11) is 0. The van der Waals surface area contributed by atoms with E-state index < -0.39 is 0 Å². The second-order valence-electron chi connectivity index (χ2n) is 4.05. The molecule has 1 N–H and O–H groups in total. The van der Waals surface area contributed by atoms with Gasteiger partial charge in [-0.15, -0.1) is 0 Å². The van der Waals surface area contributed by atoms with E-state index in [1.54, 1.807) is 18.6 Å². The molecule has 1 atom stereocenters. The Morgan fingerprint density at radius 2 is 2.05 bits per heavy atom. The van der Waals surface area contributed by atoms with Crippen LogP contribution in [0.4, 0.5) is 0 Å². The van der Waals surface area contributed by atoms with Crippen LogP contribution in [0, 0.1) is 0 Å². The average Bonchev–Trinajstić information content (AvgIpc) is 2.46. The lowest BCUT2D eigenvalue weighted by Crippen LogP contribution is -2.22. The number of nitrogens with one attached hydrogen (secondary N) is 1. The quantitative estimate of drug-likeness (QED) is 0.858. The zero-order valence-electron chi connectivity index (χ0n) is 11.2. The summed E-state index contributed by atoms with van der Waals surface area (Å²) < 4.78 is 5.49. The van der Waals surface area contributed by atoms with Gasteiger partial charge in [0, 0.05) is 12.4 Å². The van der Waals surface area contributed by atoms with Crippen LogP contribution in [0.5, 0.6) is 5.75 Å². The summed E-state index contributed by atoms with van der Waals surface area (Å²) in [5.74, 6) is 0.782. The molecule has 19 heavy (non-hydrogen) atoms. The lowest BCUT2D eigenvalue weighted by Gasteiger charge is -2.18. The van der Waals surface area contributed by atoms with Crippen LogP contribution in [0.1, 0.15) is 31.0 Å². The first-order chi connectivity index (χ1) is 9.35. The molecule has 5 nitrogen and oxygen atoms in total. The highest BCUT2D eigenvalue weighted by Gasteiger charge is 2.14. The molecule has 0 aromatic carbocycles. The number of hydrogen-bond acceptors (Lipinski definition) is 5. The highest BCUT2D eigenvalue weighted by atomic mass is 16.5. The lowest BCUT2D eigenvalue weighted by atomic mass is 10.0. The molecule has 2 aromatic heterocycles. The van der Waals surface area contributed by atoms with E-state index in [0.29, 0.717) is 6.61 Å². The Balaban J connectivity index is 2.31. The van der Waals surface area contributed by atoms with E-state index in [4.69, 9.17) is 4.74 Å². The van der Waals surface area contributed by atoms with E-state index in [9.17, 15) is 0 Å². The van der Waals surface area contributed by atoms with Crippen molar-refractivity contribution in [1.29, 1.82) is 0 Å². The number of aromatic nitrogens is 3. The molecule has 1 unspecified atom stereocenters. The fourth-order valence-corrected chi connectivity index (χ4v) is 1.94. The van der Waals surface area contributed by atoms with Crippen LogP contribution in [0.2, 0.25) is 0 Å². The van der Waals surface area contributed by atoms with Crippen molar-refractivity contribution in [2.24, 2.45) is 0 Å². The van der Waals surface area contributed by atoms with E-state index in [-0.39, 0.29) is 6.04 Å². The topological polar surface area (TPSA) is 59.9 Å². The van der Waals surface area contributed by atoms with Crippen LogP contribution < -0.4 is 10.1 Å². The number of nitrogens with zero attached hydrogens (tertiary/aromatic N) is 3. The van der Waals surface area contributed by atoms with Gasteiger partial charge in [0.1, 0.15) is 5.75 Å². The Hall–Kier alpha value is -2.01. The van der Waals surface area contributed by atoms with Crippen LogP contribution in [0.25, 0.3) is 0 Å². The van der Waals surface area contributed by atoms with Crippen molar-refractivity contribution in [1.82, 2.24) is 20.5 Å². The molecule has 0 fully saturated rings. The summed E-state index contributed by atoms with van der Waals surface area (Å²) in [6.45, 7) is 5.52. The Morgan fingerprint density at radius 1 is 1.16 bits per heavy atom. The van der Waals surface area contributed by atoms with Gasteiger partial charge < -0.3 is 10.1 Å². The largest absolute Gasteiger partial charge is 0.492 e. The summed E-state index contributed by atoms with van der Waals surface area (Å²) in [5, 5.41) is 11.2. The highest BCUT2D eigenvalue weighted by molar-refractivity contribution is 5.32. The molecule has 2 aromatic rings. The van der Waals surface area contributed by atoms with Crippen molar-refractivity contribution < 1.29 is 4.74 Å². The summed E-state index contributed by atoms with van der Waals surface area (Å²) in [5.41, 5.74) is 2.12. The Kier molecular flexibility index (Phi) is 4.80. The van der Waals surface area contributed by atoms with Crippen molar-refractivity contribution >= 4 is 0 Å². The van der Waals surface area contributed by atoms with E-state index in [1.165, 1.54) is 0 Å². The summed E-state index contributed by atoms with van der Waals surface area (Å²) >= 11 is 0. The third kappa shape index (κ3) is 3.48. The SMILES string of the molecule is CCNC(c1ccnnc1)c1cncc(OCC)c1. The standard InChI is InChI=1S/C14H18N4O/c1-3-16-14(11-5-6-17-18-9-11)12-7-13(19-4-2)10-15-8-12/h5-10,14,16H,3-4H2,1-2H3. The third-order valence-corrected chi connectivity index (χ3v) is 2.73. The van der Waals surface area contributed by atoms with Crippen molar-refractivity contribution in [3.8, 4) is 5.75 Å². The van der Waals surface area contributed by atoms with Crippen molar-refractivity contribution in [2.45, 2.75) is 19.9 Å².